The summed E-state index contributed by atoms with van der Waals surface area (Å²) in [4.78, 5) is 56.0. The highest BCUT2D eigenvalue weighted by atomic mass is 32.2. The summed E-state index contributed by atoms with van der Waals surface area (Å²) in [6.45, 7) is 4.98. The summed E-state index contributed by atoms with van der Waals surface area (Å²) in [7, 11) is 0. The topological polar surface area (TPSA) is 108 Å². The van der Waals surface area contributed by atoms with Crippen LogP contribution in [-0.4, -0.2) is 45.7 Å². The molecule has 2 heterocycles. The van der Waals surface area contributed by atoms with Crippen LogP contribution in [0.1, 0.15) is 85.4 Å². The van der Waals surface area contributed by atoms with E-state index in [0.717, 1.165) is 66.5 Å². The highest BCUT2D eigenvalue weighted by molar-refractivity contribution is 7.99. The number of rotatable bonds is 8. The number of carbonyl (C=O) groups excluding carboxylic acids is 4. The maximum absolute atomic E-state index is 14.2. The average Bonchev–Trinajstić information content (AvgIpc) is 3.29. The first-order chi connectivity index (χ1) is 24.2. The lowest BCUT2D eigenvalue weighted by Gasteiger charge is -2.37. The van der Waals surface area contributed by atoms with Crippen molar-refractivity contribution in [3.63, 3.8) is 0 Å². The first kappa shape index (κ1) is 34.3. The Labute approximate surface area is 299 Å². The molecule has 0 aromatic heterocycles. The molecule has 2 aliphatic carbocycles. The molecule has 2 fully saturated rings. The molecule has 50 heavy (non-hydrogen) atoms. The fraction of sp³-hybridized carbons (Fsp3) is 0.463. The number of carbonyl (C=O) groups is 4. The standard InChI is InChI=1S/C41H48N4O4S/c1-41(2)23-35-45(34(46)12-7-21-50-35)37(41)40(49)44-36-32-11-6-5-9-29(32)19-20-33(36)39(48)43-25-27-15-13-26(14-16-27)24-42-38(47)31-18-17-28-8-3-4-10-30(28)22-31/h3-6,8-11,13-16,31,33,35-37H,7,12,17-25H2,1-2H3,(H,42,47)(H,43,48)(H,44,49)/t31-,33-,35+,36+,37-/m1/s1. The van der Waals surface area contributed by atoms with E-state index in [-0.39, 0.29) is 40.3 Å². The lowest BCUT2D eigenvalue weighted by atomic mass is 9.78. The van der Waals surface area contributed by atoms with Crippen LogP contribution in [0.4, 0.5) is 0 Å². The van der Waals surface area contributed by atoms with Gasteiger partial charge in [0.25, 0.3) is 0 Å². The Bertz CT molecular complexity index is 1760. The molecular formula is C41H48N4O4S. The summed E-state index contributed by atoms with van der Waals surface area (Å²) in [5, 5.41) is 9.57. The Kier molecular flexibility index (Phi) is 10.0. The molecule has 3 aromatic carbocycles. The molecule has 4 amide bonds. The minimum atomic E-state index is -0.578. The molecule has 7 rings (SSSR count). The van der Waals surface area contributed by atoms with Crippen LogP contribution in [0.5, 0.6) is 0 Å². The fourth-order valence-corrected chi connectivity index (χ4v) is 10.0. The zero-order valence-electron chi connectivity index (χ0n) is 29.1. The van der Waals surface area contributed by atoms with Gasteiger partial charge in [-0.3, -0.25) is 19.2 Å². The predicted octanol–water partition coefficient (Wildman–Crippen LogP) is 5.62. The van der Waals surface area contributed by atoms with Gasteiger partial charge in [-0.1, -0.05) is 86.6 Å². The third kappa shape index (κ3) is 7.20. The van der Waals surface area contributed by atoms with E-state index in [9.17, 15) is 19.2 Å². The molecule has 0 spiro atoms. The summed E-state index contributed by atoms with van der Waals surface area (Å²) in [6.07, 6.45) is 6.04. The molecule has 0 unspecified atom stereocenters. The monoisotopic (exact) mass is 692 g/mol. The van der Waals surface area contributed by atoms with Crippen LogP contribution in [0.15, 0.2) is 72.8 Å². The zero-order valence-corrected chi connectivity index (χ0v) is 29.9. The molecule has 0 bridgehead atoms. The molecule has 3 aromatic rings. The normalized spacial score (nSPS) is 25.4. The molecular weight excluding hydrogens is 645 g/mol. The minimum Gasteiger partial charge on any atom is -0.352 e. The van der Waals surface area contributed by atoms with Crippen molar-refractivity contribution in [1.82, 2.24) is 20.9 Å². The number of aryl methyl sites for hydroxylation is 2. The van der Waals surface area contributed by atoms with Gasteiger partial charge < -0.3 is 20.9 Å². The molecule has 9 heteroatoms. The van der Waals surface area contributed by atoms with Crippen molar-refractivity contribution in [2.45, 2.75) is 95.8 Å². The van der Waals surface area contributed by atoms with Crippen LogP contribution < -0.4 is 16.0 Å². The minimum absolute atomic E-state index is 0.00266. The van der Waals surface area contributed by atoms with Gasteiger partial charge in [0.1, 0.15) is 6.04 Å². The molecule has 2 saturated heterocycles. The predicted molar refractivity (Wildman–Crippen MR) is 196 cm³/mol. The van der Waals surface area contributed by atoms with Gasteiger partial charge in [-0.2, -0.15) is 0 Å². The van der Waals surface area contributed by atoms with Crippen molar-refractivity contribution < 1.29 is 19.2 Å². The van der Waals surface area contributed by atoms with Crippen molar-refractivity contribution in [2.24, 2.45) is 17.3 Å². The van der Waals surface area contributed by atoms with Gasteiger partial charge in [0.15, 0.2) is 0 Å². The number of nitrogens with one attached hydrogen (secondary N) is 3. The van der Waals surface area contributed by atoms with Gasteiger partial charge in [0, 0.05) is 25.4 Å². The number of hydrogen-bond donors (Lipinski definition) is 3. The van der Waals surface area contributed by atoms with Crippen LogP contribution in [0.3, 0.4) is 0 Å². The van der Waals surface area contributed by atoms with E-state index in [4.69, 9.17) is 0 Å². The van der Waals surface area contributed by atoms with Crippen molar-refractivity contribution in [3.05, 3.63) is 106 Å². The number of thioether (sulfide) groups is 1. The Morgan fingerprint density at radius 2 is 1.42 bits per heavy atom. The van der Waals surface area contributed by atoms with Crippen LogP contribution in [0, 0.1) is 17.3 Å². The highest BCUT2D eigenvalue weighted by Crippen LogP contribution is 2.47. The van der Waals surface area contributed by atoms with Crippen LogP contribution in [0.25, 0.3) is 0 Å². The molecule has 5 atom stereocenters. The van der Waals surface area contributed by atoms with Gasteiger partial charge in [0.05, 0.1) is 17.3 Å². The van der Waals surface area contributed by atoms with Gasteiger partial charge in [-0.15, -0.1) is 11.8 Å². The van der Waals surface area contributed by atoms with Gasteiger partial charge in [0.2, 0.25) is 23.6 Å². The molecule has 0 radical (unpaired) electrons. The highest BCUT2D eigenvalue weighted by Gasteiger charge is 2.53. The quantitative estimate of drug-likeness (QED) is 0.284. The molecule has 3 N–H and O–H groups in total. The number of hydrogen-bond acceptors (Lipinski definition) is 5. The van der Waals surface area contributed by atoms with Gasteiger partial charge >= 0.3 is 0 Å². The van der Waals surface area contributed by atoms with E-state index in [2.05, 4.69) is 54.1 Å². The van der Waals surface area contributed by atoms with Crippen molar-refractivity contribution >= 4 is 35.4 Å². The molecule has 2 aliphatic heterocycles. The Morgan fingerprint density at radius 1 is 0.780 bits per heavy atom. The average molecular weight is 693 g/mol. The summed E-state index contributed by atoms with van der Waals surface area (Å²) in [5.74, 6) is 0.351. The summed E-state index contributed by atoms with van der Waals surface area (Å²) >= 11 is 1.78. The Balaban J connectivity index is 0.975. The number of benzene rings is 3. The lowest BCUT2D eigenvalue weighted by Crippen LogP contribution is -2.54. The number of amides is 4. The van der Waals surface area contributed by atoms with E-state index in [0.29, 0.717) is 25.9 Å². The second-order valence-corrected chi connectivity index (χ2v) is 16.4. The lowest BCUT2D eigenvalue weighted by molar-refractivity contribution is -0.142. The van der Waals surface area contributed by atoms with Gasteiger partial charge in [-0.05, 0) is 89.5 Å². The summed E-state index contributed by atoms with van der Waals surface area (Å²) in [6, 6.07) is 23.3. The van der Waals surface area contributed by atoms with Crippen LogP contribution >= 0.6 is 11.8 Å². The first-order valence-electron chi connectivity index (χ1n) is 18.2. The van der Waals surface area contributed by atoms with Crippen LogP contribution in [0.2, 0.25) is 0 Å². The third-order valence-corrected chi connectivity index (χ3v) is 12.5. The largest absolute Gasteiger partial charge is 0.352 e. The van der Waals surface area contributed by atoms with E-state index < -0.39 is 18.0 Å². The smallest absolute Gasteiger partial charge is 0.243 e. The van der Waals surface area contributed by atoms with E-state index in [1.807, 2.05) is 53.4 Å². The first-order valence-corrected chi connectivity index (χ1v) is 19.2. The maximum Gasteiger partial charge on any atom is 0.243 e. The van der Waals surface area contributed by atoms with Gasteiger partial charge in [-0.25, -0.2) is 0 Å². The third-order valence-electron chi connectivity index (χ3n) is 11.2. The van der Waals surface area contributed by atoms with E-state index >= 15 is 0 Å². The van der Waals surface area contributed by atoms with Crippen molar-refractivity contribution in [2.75, 3.05) is 5.75 Å². The van der Waals surface area contributed by atoms with E-state index in [1.54, 1.807) is 11.8 Å². The SMILES string of the molecule is CC1(C)C[C@@H]2SCCCC(=O)N2[C@@H]1C(=O)N[C@H]1c2ccccc2CC[C@H]1C(=O)NCc1ccc(CNC(=O)[C@@H]2CCc3ccccc3C2)cc1. The van der Waals surface area contributed by atoms with Crippen LogP contribution in [-0.2, 0) is 51.5 Å². The van der Waals surface area contributed by atoms with E-state index in [1.165, 1.54) is 11.1 Å². The Hall–Kier alpha value is -4.11. The molecule has 4 aliphatic rings. The number of fused-ring (bicyclic) bond motifs is 3. The summed E-state index contributed by atoms with van der Waals surface area (Å²) < 4.78 is 0. The second-order valence-electron chi connectivity index (χ2n) is 15.1. The Morgan fingerprint density at radius 3 is 2.16 bits per heavy atom. The molecule has 8 nitrogen and oxygen atoms in total. The summed E-state index contributed by atoms with van der Waals surface area (Å²) in [5.41, 5.74) is 6.33. The van der Waals surface area contributed by atoms with Crippen molar-refractivity contribution in [3.8, 4) is 0 Å². The van der Waals surface area contributed by atoms with Crippen molar-refractivity contribution in [1.29, 1.82) is 0 Å². The fourth-order valence-electron chi connectivity index (χ4n) is 8.50. The molecule has 262 valence electrons. The maximum atomic E-state index is 14.2. The molecule has 0 saturated carbocycles. The second kappa shape index (κ2) is 14.6. The number of nitrogens with zero attached hydrogens (tertiary/aromatic N) is 1. The zero-order chi connectivity index (χ0) is 34.8.